The standard InChI is InChI=1S/C16H21BrO2/c1-11-6-14(9-16(2,3)8-11)19-15-5-4-13(17)7-12(15)10-18/h4-5,7,10-11,14H,6,8-9H2,1-3H3. The first kappa shape index (κ1) is 14.6. The van der Waals surface area contributed by atoms with Crippen LogP contribution in [0, 0.1) is 11.3 Å². The third-order valence-electron chi connectivity index (χ3n) is 3.74. The molecule has 1 aliphatic carbocycles. The Balaban J connectivity index is 2.14. The Labute approximate surface area is 123 Å². The quantitative estimate of drug-likeness (QED) is 0.742. The van der Waals surface area contributed by atoms with Crippen molar-refractivity contribution in [1.82, 2.24) is 0 Å². The highest BCUT2D eigenvalue weighted by Crippen LogP contribution is 2.40. The van der Waals surface area contributed by atoms with Crippen molar-refractivity contribution in [3.05, 3.63) is 28.2 Å². The van der Waals surface area contributed by atoms with Crippen LogP contribution >= 0.6 is 15.9 Å². The van der Waals surface area contributed by atoms with E-state index in [9.17, 15) is 4.79 Å². The van der Waals surface area contributed by atoms with Crippen LogP contribution in [0.15, 0.2) is 22.7 Å². The number of halogens is 1. The van der Waals surface area contributed by atoms with Crippen LogP contribution in [-0.4, -0.2) is 12.4 Å². The SMILES string of the molecule is CC1CC(Oc2ccc(Br)cc2C=O)CC(C)(C)C1. The molecular formula is C16H21BrO2. The molecule has 0 heterocycles. The summed E-state index contributed by atoms with van der Waals surface area (Å²) in [4.78, 5) is 11.1. The lowest BCUT2D eigenvalue weighted by molar-refractivity contribution is 0.0557. The minimum atomic E-state index is 0.207. The molecule has 0 bridgehead atoms. The van der Waals surface area contributed by atoms with Gasteiger partial charge in [0.2, 0.25) is 0 Å². The van der Waals surface area contributed by atoms with Gasteiger partial charge in [-0.05, 0) is 48.8 Å². The van der Waals surface area contributed by atoms with E-state index in [0.29, 0.717) is 22.6 Å². The fraction of sp³-hybridized carbons (Fsp3) is 0.562. The first-order valence-corrected chi connectivity index (χ1v) is 7.60. The molecule has 0 radical (unpaired) electrons. The van der Waals surface area contributed by atoms with Gasteiger partial charge < -0.3 is 4.74 Å². The lowest BCUT2D eigenvalue weighted by Crippen LogP contribution is -2.34. The highest BCUT2D eigenvalue weighted by atomic mass is 79.9. The van der Waals surface area contributed by atoms with Gasteiger partial charge in [0.25, 0.3) is 0 Å². The second-order valence-electron chi connectivity index (χ2n) is 6.45. The van der Waals surface area contributed by atoms with Crippen molar-refractivity contribution in [3.8, 4) is 5.75 Å². The van der Waals surface area contributed by atoms with E-state index in [2.05, 4.69) is 36.7 Å². The summed E-state index contributed by atoms with van der Waals surface area (Å²) in [6, 6.07) is 5.60. The summed E-state index contributed by atoms with van der Waals surface area (Å²) >= 11 is 3.38. The van der Waals surface area contributed by atoms with Gasteiger partial charge in [0.15, 0.2) is 6.29 Å². The lowest BCUT2D eigenvalue weighted by atomic mass is 9.71. The molecule has 1 aromatic rings. The van der Waals surface area contributed by atoms with Crippen LogP contribution in [0.1, 0.15) is 50.4 Å². The summed E-state index contributed by atoms with van der Waals surface area (Å²) in [7, 11) is 0. The third kappa shape index (κ3) is 3.82. The van der Waals surface area contributed by atoms with Gasteiger partial charge in [0, 0.05) is 4.47 Å². The molecular weight excluding hydrogens is 304 g/mol. The molecule has 1 saturated carbocycles. The first-order valence-electron chi connectivity index (χ1n) is 6.81. The van der Waals surface area contributed by atoms with Crippen LogP contribution in [-0.2, 0) is 0 Å². The maximum atomic E-state index is 11.1. The van der Waals surface area contributed by atoms with E-state index in [-0.39, 0.29) is 6.10 Å². The molecule has 0 N–H and O–H groups in total. The second kappa shape index (κ2) is 5.66. The number of ether oxygens (including phenoxy) is 1. The molecule has 0 saturated heterocycles. The zero-order valence-electron chi connectivity index (χ0n) is 11.8. The normalized spacial score (nSPS) is 25.9. The van der Waals surface area contributed by atoms with E-state index in [0.717, 1.165) is 23.6 Å². The zero-order valence-corrected chi connectivity index (χ0v) is 13.4. The molecule has 0 aromatic heterocycles. The Kier molecular flexibility index (Phi) is 4.34. The van der Waals surface area contributed by atoms with Crippen molar-refractivity contribution in [2.24, 2.45) is 11.3 Å². The summed E-state index contributed by atoms with van der Waals surface area (Å²) in [6.45, 7) is 6.86. The number of carbonyl (C=O) groups excluding carboxylic acids is 1. The van der Waals surface area contributed by atoms with E-state index in [1.807, 2.05) is 12.1 Å². The Bertz CT molecular complexity index is 468. The minimum absolute atomic E-state index is 0.207. The summed E-state index contributed by atoms with van der Waals surface area (Å²) in [5.74, 6) is 1.37. The van der Waals surface area contributed by atoms with E-state index < -0.39 is 0 Å². The average molecular weight is 325 g/mol. The molecule has 104 valence electrons. The van der Waals surface area contributed by atoms with Crippen LogP contribution in [0.2, 0.25) is 0 Å². The van der Waals surface area contributed by atoms with Crippen molar-refractivity contribution in [2.45, 2.75) is 46.1 Å². The molecule has 0 aliphatic heterocycles. The molecule has 0 amide bonds. The molecule has 2 nitrogen and oxygen atoms in total. The first-order chi connectivity index (χ1) is 8.89. The van der Waals surface area contributed by atoms with Crippen LogP contribution in [0.5, 0.6) is 5.75 Å². The van der Waals surface area contributed by atoms with Crippen molar-refractivity contribution in [2.75, 3.05) is 0 Å². The molecule has 1 aromatic carbocycles. The largest absolute Gasteiger partial charge is 0.490 e. The fourth-order valence-corrected chi connectivity index (χ4v) is 3.63. The van der Waals surface area contributed by atoms with Gasteiger partial charge in [0.05, 0.1) is 11.7 Å². The van der Waals surface area contributed by atoms with E-state index in [1.54, 1.807) is 6.07 Å². The number of benzene rings is 1. The Morgan fingerprint density at radius 3 is 2.74 bits per heavy atom. The smallest absolute Gasteiger partial charge is 0.153 e. The predicted molar refractivity (Wildman–Crippen MR) is 80.7 cm³/mol. The van der Waals surface area contributed by atoms with E-state index in [4.69, 9.17) is 4.74 Å². The minimum Gasteiger partial charge on any atom is -0.490 e. The van der Waals surface area contributed by atoms with Crippen LogP contribution in [0.3, 0.4) is 0 Å². The third-order valence-corrected chi connectivity index (χ3v) is 4.23. The maximum Gasteiger partial charge on any atom is 0.153 e. The molecule has 2 unspecified atom stereocenters. The summed E-state index contributed by atoms with van der Waals surface area (Å²) in [5.41, 5.74) is 0.935. The van der Waals surface area contributed by atoms with Gasteiger partial charge in [-0.2, -0.15) is 0 Å². The number of rotatable bonds is 3. The molecule has 3 heteroatoms. The topological polar surface area (TPSA) is 26.3 Å². The molecule has 1 aliphatic rings. The van der Waals surface area contributed by atoms with Gasteiger partial charge in [0.1, 0.15) is 5.75 Å². The average Bonchev–Trinajstić information content (AvgIpc) is 2.28. The van der Waals surface area contributed by atoms with E-state index in [1.165, 1.54) is 6.42 Å². The fourth-order valence-electron chi connectivity index (χ4n) is 3.25. The van der Waals surface area contributed by atoms with Gasteiger partial charge in [-0.1, -0.05) is 36.7 Å². The Morgan fingerprint density at radius 2 is 2.11 bits per heavy atom. The molecule has 0 spiro atoms. The van der Waals surface area contributed by atoms with Gasteiger partial charge in [-0.25, -0.2) is 0 Å². The van der Waals surface area contributed by atoms with Gasteiger partial charge in [-0.3, -0.25) is 4.79 Å². The monoisotopic (exact) mass is 324 g/mol. The van der Waals surface area contributed by atoms with Crippen LogP contribution < -0.4 is 4.74 Å². The summed E-state index contributed by atoms with van der Waals surface area (Å²) in [6.07, 6.45) is 4.42. The molecule has 2 rings (SSSR count). The highest BCUT2D eigenvalue weighted by Gasteiger charge is 2.33. The number of hydrogen-bond donors (Lipinski definition) is 0. The zero-order chi connectivity index (χ0) is 14.0. The number of carbonyl (C=O) groups is 1. The van der Waals surface area contributed by atoms with Gasteiger partial charge >= 0.3 is 0 Å². The van der Waals surface area contributed by atoms with Crippen LogP contribution in [0.4, 0.5) is 0 Å². The molecule has 19 heavy (non-hydrogen) atoms. The van der Waals surface area contributed by atoms with E-state index >= 15 is 0 Å². The maximum absolute atomic E-state index is 11.1. The lowest BCUT2D eigenvalue weighted by Gasteiger charge is -2.39. The second-order valence-corrected chi connectivity index (χ2v) is 7.37. The Morgan fingerprint density at radius 1 is 1.37 bits per heavy atom. The molecule has 2 atom stereocenters. The van der Waals surface area contributed by atoms with Crippen molar-refractivity contribution in [3.63, 3.8) is 0 Å². The molecule has 1 fully saturated rings. The number of aldehydes is 1. The van der Waals surface area contributed by atoms with Crippen molar-refractivity contribution in [1.29, 1.82) is 0 Å². The van der Waals surface area contributed by atoms with Crippen molar-refractivity contribution < 1.29 is 9.53 Å². The van der Waals surface area contributed by atoms with Crippen LogP contribution in [0.25, 0.3) is 0 Å². The van der Waals surface area contributed by atoms with Crippen molar-refractivity contribution >= 4 is 22.2 Å². The summed E-state index contributed by atoms with van der Waals surface area (Å²) < 4.78 is 6.99. The Hall–Kier alpha value is -0.830. The predicted octanol–water partition coefficient (Wildman–Crippen LogP) is 4.86. The summed E-state index contributed by atoms with van der Waals surface area (Å²) in [5, 5.41) is 0. The number of hydrogen-bond acceptors (Lipinski definition) is 2. The van der Waals surface area contributed by atoms with Gasteiger partial charge in [-0.15, -0.1) is 0 Å². The highest BCUT2D eigenvalue weighted by molar-refractivity contribution is 9.10.